The predicted molar refractivity (Wildman–Crippen MR) is 70.5 cm³/mol. The minimum absolute atomic E-state index is 0.485. The lowest BCUT2D eigenvalue weighted by atomic mass is 9.73. The van der Waals surface area contributed by atoms with Crippen molar-refractivity contribution in [1.29, 1.82) is 0 Å². The summed E-state index contributed by atoms with van der Waals surface area (Å²) >= 11 is 0. The van der Waals surface area contributed by atoms with Gasteiger partial charge in [-0.25, -0.2) is 0 Å². The molecule has 0 atom stereocenters. The average molecular weight is 228 g/mol. The lowest BCUT2D eigenvalue weighted by Crippen LogP contribution is -2.23. The third-order valence-electron chi connectivity index (χ3n) is 4.15. The maximum atomic E-state index is 5.91. The molecule has 1 aromatic rings. The second-order valence-corrected chi connectivity index (χ2v) is 5.55. The normalized spacial score (nSPS) is 25.1. The number of allylic oxidation sites excluding steroid dienone is 1. The van der Waals surface area contributed by atoms with Crippen LogP contribution < -0.4 is 0 Å². The Morgan fingerprint density at radius 2 is 1.76 bits per heavy atom. The summed E-state index contributed by atoms with van der Waals surface area (Å²) in [6.45, 7) is 0.950. The minimum atomic E-state index is 0.485. The smallest absolute Gasteiger partial charge is 0.0972 e. The molecule has 1 aliphatic carbocycles. The zero-order chi connectivity index (χ0) is 11.6. The van der Waals surface area contributed by atoms with Crippen molar-refractivity contribution in [3.63, 3.8) is 0 Å². The Morgan fingerprint density at radius 3 is 2.53 bits per heavy atom. The molecule has 1 saturated carbocycles. The first-order valence-corrected chi connectivity index (χ1v) is 6.75. The van der Waals surface area contributed by atoms with Crippen LogP contribution in [0.15, 0.2) is 36.1 Å². The quantitative estimate of drug-likeness (QED) is 0.692. The molecule has 1 aromatic carbocycles. The van der Waals surface area contributed by atoms with Gasteiger partial charge in [-0.3, -0.25) is 0 Å². The van der Waals surface area contributed by atoms with E-state index in [1.807, 2.05) is 0 Å². The molecule has 0 unspecified atom stereocenters. The van der Waals surface area contributed by atoms with Crippen LogP contribution in [0.25, 0.3) is 6.08 Å². The third kappa shape index (κ3) is 2.38. The molecule has 17 heavy (non-hydrogen) atoms. The van der Waals surface area contributed by atoms with Gasteiger partial charge in [0.1, 0.15) is 0 Å². The fourth-order valence-electron chi connectivity index (χ4n) is 3.17. The van der Waals surface area contributed by atoms with Gasteiger partial charge in [-0.15, -0.1) is 0 Å². The van der Waals surface area contributed by atoms with Crippen LogP contribution >= 0.6 is 0 Å². The topological polar surface area (TPSA) is 9.23 Å². The van der Waals surface area contributed by atoms with Gasteiger partial charge in [0.05, 0.1) is 12.4 Å². The molecule has 0 bridgehead atoms. The highest BCUT2D eigenvalue weighted by Gasteiger charge is 2.38. The fraction of sp³-hybridized carbons (Fsp3) is 0.500. The molecule has 0 aromatic heterocycles. The summed E-state index contributed by atoms with van der Waals surface area (Å²) in [4.78, 5) is 0. The molecule has 2 aliphatic rings. The number of benzene rings is 1. The van der Waals surface area contributed by atoms with Crippen LogP contribution in [0, 0.1) is 5.41 Å². The van der Waals surface area contributed by atoms with Gasteiger partial charge in [-0.1, -0.05) is 49.6 Å². The van der Waals surface area contributed by atoms with Gasteiger partial charge in [-0.05, 0) is 24.5 Å². The highest BCUT2D eigenvalue weighted by Crippen LogP contribution is 2.46. The van der Waals surface area contributed by atoms with Crippen molar-refractivity contribution in [2.24, 2.45) is 5.41 Å². The van der Waals surface area contributed by atoms with Crippen molar-refractivity contribution >= 4 is 6.08 Å². The van der Waals surface area contributed by atoms with Crippen LogP contribution in [-0.2, 0) is 4.74 Å². The second kappa shape index (κ2) is 4.56. The maximum absolute atomic E-state index is 5.91. The minimum Gasteiger partial charge on any atom is -0.497 e. The highest BCUT2D eigenvalue weighted by molar-refractivity contribution is 5.51. The number of rotatable bonds is 1. The summed E-state index contributed by atoms with van der Waals surface area (Å²) in [6, 6.07) is 10.5. The molecule has 1 heterocycles. The molecule has 1 heteroatoms. The van der Waals surface area contributed by atoms with E-state index in [-0.39, 0.29) is 0 Å². The van der Waals surface area contributed by atoms with Gasteiger partial charge in [-0.2, -0.15) is 0 Å². The van der Waals surface area contributed by atoms with E-state index in [0.717, 1.165) is 13.0 Å². The Balaban J connectivity index is 1.73. The van der Waals surface area contributed by atoms with Crippen molar-refractivity contribution in [2.75, 3.05) is 6.61 Å². The van der Waals surface area contributed by atoms with E-state index in [0.29, 0.717) is 5.41 Å². The zero-order valence-electron chi connectivity index (χ0n) is 10.3. The molecule has 1 saturated heterocycles. The van der Waals surface area contributed by atoms with Crippen LogP contribution in [0.1, 0.15) is 44.1 Å². The maximum Gasteiger partial charge on any atom is 0.0972 e. The van der Waals surface area contributed by atoms with Crippen LogP contribution in [0.4, 0.5) is 0 Å². The molecule has 90 valence electrons. The fourth-order valence-corrected chi connectivity index (χ4v) is 3.17. The van der Waals surface area contributed by atoms with Crippen molar-refractivity contribution in [1.82, 2.24) is 0 Å². The van der Waals surface area contributed by atoms with Crippen molar-refractivity contribution in [3.8, 4) is 0 Å². The van der Waals surface area contributed by atoms with Crippen LogP contribution in [0.2, 0.25) is 0 Å². The molecular formula is C16H20O. The van der Waals surface area contributed by atoms with Crippen molar-refractivity contribution in [2.45, 2.75) is 38.5 Å². The van der Waals surface area contributed by atoms with Crippen molar-refractivity contribution < 1.29 is 4.74 Å². The van der Waals surface area contributed by atoms with Crippen molar-refractivity contribution in [3.05, 3.63) is 41.7 Å². The van der Waals surface area contributed by atoms with Crippen LogP contribution in [0.3, 0.4) is 0 Å². The molecule has 0 N–H and O–H groups in total. The Bertz CT molecular complexity index is 399. The zero-order valence-corrected chi connectivity index (χ0v) is 10.3. The average Bonchev–Trinajstić information content (AvgIpc) is 2.74. The first-order valence-electron chi connectivity index (χ1n) is 6.75. The second-order valence-electron chi connectivity index (χ2n) is 5.55. The summed E-state index contributed by atoms with van der Waals surface area (Å²) in [7, 11) is 0. The molecular weight excluding hydrogens is 208 g/mol. The highest BCUT2D eigenvalue weighted by atomic mass is 16.5. The summed E-state index contributed by atoms with van der Waals surface area (Å²) in [5, 5.41) is 0. The Hall–Kier alpha value is -1.24. The Morgan fingerprint density at radius 1 is 1.00 bits per heavy atom. The number of ether oxygens (including phenoxy) is 1. The number of hydrogen-bond acceptors (Lipinski definition) is 1. The first-order chi connectivity index (χ1) is 8.36. The van der Waals surface area contributed by atoms with E-state index < -0.39 is 0 Å². The predicted octanol–water partition coefficient (Wildman–Crippen LogP) is 4.40. The third-order valence-corrected chi connectivity index (χ3v) is 4.15. The van der Waals surface area contributed by atoms with Gasteiger partial charge in [0.25, 0.3) is 0 Å². The largest absolute Gasteiger partial charge is 0.497 e. The van der Waals surface area contributed by atoms with E-state index >= 15 is 0 Å². The summed E-state index contributed by atoms with van der Waals surface area (Å²) < 4.78 is 5.91. The van der Waals surface area contributed by atoms with Gasteiger partial charge in [0.15, 0.2) is 0 Å². The Kier molecular flexibility index (Phi) is 2.92. The molecule has 1 aliphatic heterocycles. The van der Waals surface area contributed by atoms with E-state index in [9.17, 15) is 0 Å². The van der Waals surface area contributed by atoms with Gasteiger partial charge in [0.2, 0.25) is 0 Å². The lowest BCUT2D eigenvalue weighted by Gasteiger charge is -2.30. The van der Waals surface area contributed by atoms with Crippen LogP contribution in [-0.4, -0.2) is 6.61 Å². The molecule has 1 spiro atoms. The summed E-state index contributed by atoms with van der Waals surface area (Å²) in [5.74, 6) is 1.19. The molecule has 0 radical (unpaired) electrons. The van der Waals surface area contributed by atoms with E-state index in [4.69, 9.17) is 4.74 Å². The summed E-state index contributed by atoms with van der Waals surface area (Å²) in [5.41, 5.74) is 1.74. The van der Waals surface area contributed by atoms with E-state index in [2.05, 4.69) is 36.4 Å². The monoisotopic (exact) mass is 228 g/mol. The standard InChI is InChI=1S/C16H20O/c1-3-7-14(8-4-1)11-15-12-16(13-17-15)9-5-2-6-10-16/h1,3-4,7-8,11H,2,5-6,9-10,12-13H2/b15-11+. The van der Waals surface area contributed by atoms with Gasteiger partial charge >= 0.3 is 0 Å². The SMILES string of the molecule is C(=C1/CC2(CCCCC2)CO1)/c1ccccc1. The van der Waals surface area contributed by atoms with E-state index in [1.54, 1.807) is 0 Å². The van der Waals surface area contributed by atoms with Gasteiger partial charge < -0.3 is 4.74 Å². The Labute approximate surface area is 103 Å². The number of hydrogen-bond donors (Lipinski definition) is 0. The molecule has 0 amide bonds. The molecule has 3 rings (SSSR count). The van der Waals surface area contributed by atoms with Gasteiger partial charge in [0, 0.05) is 11.8 Å². The first kappa shape index (κ1) is 10.9. The lowest BCUT2D eigenvalue weighted by molar-refractivity contribution is 0.138. The van der Waals surface area contributed by atoms with Crippen LogP contribution in [0.5, 0.6) is 0 Å². The molecule has 1 nitrogen and oxygen atoms in total. The molecule has 2 fully saturated rings. The summed E-state index contributed by atoms with van der Waals surface area (Å²) in [6.07, 6.45) is 10.3. The van der Waals surface area contributed by atoms with E-state index in [1.165, 1.54) is 43.4 Å².